The van der Waals surface area contributed by atoms with Gasteiger partial charge in [-0.05, 0) is 30.7 Å². The summed E-state index contributed by atoms with van der Waals surface area (Å²) in [6.45, 7) is 3.55. The molecule has 1 atom stereocenters. The number of carbonyl (C=O) groups excluding carboxylic acids is 1. The SMILES string of the molecule is Cc1ccc(-c2cn(CC3C=CCN3)nn2)cc1C(=O)Nc1ccccc1. The van der Waals surface area contributed by atoms with Crippen molar-refractivity contribution in [3.8, 4) is 11.3 Å². The predicted octanol–water partition coefficient (Wildman–Crippen LogP) is 3.03. The molecule has 4 rings (SSSR count). The molecule has 0 radical (unpaired) electrons. The third-order valence-corrected chi connectivity index (χ3v) is 4.60. The summed E-state index contributed by atoms with van der Waals surface area (Å²) in [5.74, 6) is -0.131. The number of carbonyl (C=O) groups is 1. The fourth-order valence-corrected chi connectivity index (χ4v) is 3.11. The topological polar surface area (TPSA) is 71.8 Å². The van der Waals surface area contributed by atoms with Crippen molar-refractivity contribution >= 4 is 11.6 Å². The predicted molar refractivity (Wildman–Crippen MR) is 106 cm³/mol. The first kappa shape index (κ1) is 17.2. The lowest BCUT2D eigenvalue weighted by Gasteiger charge is -2.09. The second kappa shape index (κ2) is 7.55. The zero-order valence-corrected chi connectivity index (χ0v) is 15.1. The van der Waals surface area contributed by atoms with Crippen LogP contribution in [-0.4, -0.2) is 33.5 Å². The summed E-state index contributed by atoms with van der Waals surface area (Å²) in [7, 11) is 0. The highest BCUT2D eigenvalue weighted by Gasteiger charge is 2.14. The number of aryl methyl sites for hydroxylation is 1. The highest BCUT2D eigenvalue weighted by molar-refractivity contribution is 6.05. The molecule has 3 aromatic rings. The average Bonchev–Trinajstić information content (AvgIpc) is 3.35. The van der Waals surface area contributed by atoms with Gasteiger partial charge in [0.05, 0.1) is 12.7 Å². The van der Waals surface area contributed by atoms with E-state index in [4.69, 9.17) is 0 Å². The van der Waals surface area contributed by atoms with Gasteiger partial charge >= 0.3 is 0 Å². The molecule has 6 nitrogen and oxygen atoms in total. The van der Waals surface area contributed by atoms with Gasteiger partial charge in [0, 0.05) is 29.4 Å². The highest BCUT2D eigenvalue weighted by atomic mass is 16.1. The fourth-order valence-electron chi connectivity index (χ4n) is 3.11. The first-order valence-corrected chi connectivity index (χ1v) is 8.96. The van der Waals surface area contributed by atoms with Gasteiger partial charge in [0.25, 0.3) is 5.91 Å². The molecule has 1 unspecified atom stereocenters. The smallest absolute Gasteiger partial charge is 0.255 e. The standard InChI is InChI=1S/C21H21N5O/c1-15-9-10-16(12-19(15)21(27)23-17-6-3-2-4-7-17)20-14-26(25-24-20)13-18-8-5-11-22-18/h2-10,12,14,18,22H,11,13H2,1H3,(H,23,27). The number of hydrogen-bond acceptors (Lipinski definition) is 4. The molecule has 27 heavy (non-hydrogen) atoms. The molecule has 0 saturated carbocycles. The molecule has 136 valence electrons. The summed E-state index contributed by atoms with van der Waals surface area (Å²) in [5, 5.41) is 14.8. The Morgan fingerprint density at radius 3 is 2.89 bits per heavy atom. The lowest BCUT2D eigenvalue weighted by Crippen LogP contribution is -2.27. The Bertz CT molecular complexity index is 977. The van der Waals surface area contributed by atoms with Crippen molar-refractivity contribution in [1.82, 2.24) is 20.3 Å². The molecule has 1 aliphatic rings. The van der Waals surface area contributed by atoms with Gasteiger partial charge in [-0.15, -0.1) is 5.10 Å². The van der Waals surface area contributed by atoms with E-state index in [0.29, 0.717) is 5.56 Å². The molecule has 0 aliphatic carbocycles. The molecular formula is C21H21N5O. The van der Waals surface area contributed by atoms with Crippen LogP contribution in [0.15, 0.2) is 66.9 Å². The average molecular weight is 359 g/mol. The zero-order valence-electron chi connectivity index (χ0n) is 15.1. The number of amides is 1. The third-order valence-electron chi connectivity index (χ3n) is 4.60. The van der Waals surface area contributed by atoms with Crippen molar-refractivity contribution in [3.63, 3.8) is 0 Å². The molecule has 2 heterocycles. The molecule has 2 N–H and O–H groups in total. The number of rotatable bonds is 5. The van der Waals surface area contributed by atoms with Crippen molar-refractivity contribution in [3.05, 3.63) is 78.0 Å². The minimum atomic E-state index is -0.131. The Hall–Kier alpha value is -3.25. The molecule has 1 aliphatic heterocycles. The summed E-state index contributed by atoms with van der Waals surface area (Å²) in [5.41, 5.74) is 3.95. The van der Waals surface area contributed by atoms with E-state index in [2.05, 4.69) is 33.1 Å². The van der Waals surface area contributed by atoms with Gasteiger partial charge in [0.1, 0.15) is 5.69 Å². The first-order chi connectivity index (χ1) is 13.2. The summed E-state index contributed by atoms with van der Waals surface area (Å²) in [6, 6.07) is 15.5. The number of aromatic nitrogens is 3. The van der Waals surface area contributed by atoms with E-state index in [1.807, 2.05) is 66.3 Å². The van der Waals surface area contributed by atoms with Gasteiger partial charge in [-0.2, -0.15) is 0 Å². The summed E-state index contributed by atoms with van der Waals surface area (Å²) < 4.78 is 1.83. The van der Waals surface area contributed by atoms with Gasteiger partial charge in [-0.3, -0.25) is 9.48 Å². The lowest BCUT2D eigenvalue weighted by atomic mass is 10.0. The minimum absolute atomic E-state index is 0.131. The van der Waals surface area contributed by atoms with Crippen LogP contribution in [0.5, 0.6) is 0 Å². The Morgan fingerprint density at radius 2 is 2.11 bits per heavy atom. The van der Waals surface area contributed by atoms with Crippen LogP contribution in [0, 0.1) is 6.92 Å². The lowest BCUT2D eigenvalue weighted by molar-refractivity contribution is 0.102. The Balaban J connectivity index is 1.54. The molecule has 6 heteroatoms. The molecule has 1 amide bonds. The Labute approximate surface area is 157 Å². The van der Waals surface area contributed by atoms with Crippen molar-refractivity contribution in [2.45, 2.75) is 19.5 Å². The number of para-hydroxylation sites is 1. The number of anilines is 1. The van der Waals surface area contributed by atoms with E-state index in [-0.39, 0.29) is 11.9 Å². The van der Waals surface area contributed by atoms with E-state index in [0.717, 1.165) is 35.6 Å². The Morgan fingerprint density at radius 1 is 1.26 bits per heavy atom. The minimum Gasteiger partial charge on any atom is -0.322 e. The maximum absolute atomic E-state index is 12.7. The molecule has 2 aromatic carbocycles. The maximum atomic E-state index is 12.7. The molecule has 1 aromatic heterocycles. The molecule has 0 saturated heterocycles. The largest absolute Gasteiger partial charge is 0.322 e. The van der Waals surface area contributed by atoms with Gasteiger partial charge in [-0.25, -0.2) is 0 Å². The van der Waals surface area contributed by atoms with Crippen LogP contribution in [0.1, 0.15) is 15.9 Å². The zero-order chi connectivity index (χ0) is 18.6. The Kier molecular flexibility index (Phi) is 4.80. The molecule has 0 spiro atoms. The van der Waals surface area contributed by atoms with Crippen LogP contribution in [0.4, 0.5) is 5.69 Å². The summed E-state index contributed by atoms with van der Waals surface area (Å²) in [6.07, 6.45) is 6.16. The molecular weight excluding hydrogens is 338 g/mol. The molecule has 0 fully saturated rings. The van der Waals surface area contributed by atoms with E-state index in [1.165, 1.54) is 0 Å². The van der Waals surface area contributed by atoms with Crippen LogP contribution < -0.4 is 10.6 Å². The monoisotopic (exact) mass is 359 g/mol. The third kappa shape index (κ3) is 3.96. The van der Waals surface area contributed by atoms with Gasteiger partial charge in [-0.1, -0.05) is 47.7 Å². The van der Waals surface area contributed by atoms with Crippen molar-refractivity contribution in [2.24, 2.45) is 0 Å². The number of benzene rings is 2. The molecule has 0 bridgehead atoms. The second-order valence-electron chi connectivity index (χ2n) is 6.62. The van der Waals surface area contributed by atoms with Crippen LogP contribution in [0.2, 0.25) is 0 Å². The van der Waals surface area contributed by atoms with Crippen molar-refractivity contribution in [2.75, 3.05) is 11.9 Å². The maximum Gasteiger partial charge on any atom is 0.255 e. The second-order valence-corrected chi connectivity index (χ2v) is 6.62. The van der Waals surface area contributed by atoms with Gasteiger partial charge in [0.2, 0.25) is 0 Å². The van der Waals surface area contributed by atoms with E-state index in [9.17, 15) is 4.79 Å². The number of hydrogen-bond donors (Lipinski definition) is 2. The summed E-state index contributed by atoms with van der Waals surface area (Å²) >= 11 is 0. The fraction of sp³-hybridized carbons (Fsp3) is 0.190. The number of nitrogens with one attached hydrogen (secondary N) is 2. The van der Waals surface area contributed by atoms with Crippen LogP contribution >= 0.6 is 0 Å². The normalized spacial score (nSPS) is 15.8. The van der Waals surface area contributed by atoms with Crippen LogP contribution in [-0.2, 0) is 6.54 Å². The van der Waals surface area contributed by atoms with Crippen LogP contribution in [0.3, 0.4) is 0 Å². The van der Waals surface area contributed by atoms with Crippen molar-refractivity contribution in [1.29, 1.82) is 0 Å². The van der Waals surface area contributed by atoms with E-state index >= 15 is 0 Å². The van der Waals surface area contributed by atoms with Crippen molar-refractivity contribution < 1.29 is 4.79 Å². The quantitative estimate of drug-likeness (QED) is 0.687. The van der Waals surface area contributed by atoms with Gasteiger partial charge < -0.3 is 10.6 Å². The van der Waals surface area contributed by atoms with E-state index < -0.39 is 0 Å². The van der Waals surface area contributed by atoms with E-state index in [1.54, 1.807) is 0 Å². The highest BCUT2D eigenvalue weighted by Crippen LogP contribution is 2.21. The van der Waals surface area contributed by atoms with Crippen LogP contribution in [0.25, 0.3) is 11.3 Å². The van der Waals surface area contributed by atoms with Gasteiger partial charge in [0.15, 0.2) is 0 Å². The number of nitrogens with zero attached hydrogens (tertiary/aromatic N) is 3. The first-order valence-electron chi connectivity index (χ1n) is 8.96. The summed E-state index contributed by atoms with van der Waals surface area (Å²) in [4.78, 5) is 12.7.